The Morgan fingerprint density at radius 3 is 2.40 bits per heavy atom. The Hall–Kier alpha value is -1.67. The first kappa shape index (κ1) is 13.3. The zero-order valence-corrected chi connectivity index (χ0v) is 8.40. The molecule has 0 heterocycles. The molecule has 2 amide bonds. The maximum absolute atomic E-state index is 11.3. The lowest BCUT2D eigenvalue weighted by atomic mass is 10.1. The summed E-state index contributed by atoms with van der Waals surface area (Å²) in [4.78, 5) is 32.1. The standard InChI is InChI=1S/C7H13N3O5/c1-14-5(12)7(15-2,3-4-11)10-9-6(8)13/h4,10H,3H2,1-2H3,(H3,8,9,13). The molecule has 0 fully saturated rings. The number of amides is 2. The van der Waals surface area contributed by atoms with Gasteiger partial charge in [-0.3, -0.25) is 5.43 Å². The van der Waals surface area contributed by atoms with Crippen LogP contribution >= 0.6 is 0 Å². The molecule has 0 saturated heterocycles. The number of aldehydes is 1. The summed E-state index contributed by atoms with van der Waals surface area (Å²) in [6, 6.07) is -0.925. The van der Waals surface area contributed by atoms with Gasteiger partial charge in [-0.05, 0) is 0 Å². The summed E-state index contributed by atoms with van der Waals surface area (Å²) in [5, 5.41) is 0. The molecule has 4 N–H and O–H groups in total. The molecule has 0 radical (unpaired) electrons. The molecule has 1 unspecified atom stereocenters. The molecule has 0 aliphatic carbocycles. The van der Waals surface area contributed by atoms with Crippen molar-refractivity contribution < 1.29 is 23.9 Å². The number of methoxy groups -OCH3 is 2. The fraction of sp³-hybridized carbons (Fsp3) is 0.571. The Bertz CT molecular complexity index is 257. The molecule has 86 valence electrons. The van der Waals surface area contributed by atoms with Gasteiger partial charge in [0.25, 0.3) is 0 Å². The number of hydrazine groups is 1. The molecule has 8 heteroatoms. The Kier molecular flexibility index (Phi) is 5.27. The molecule has 15 heavy (non-hydrogen) atoms. The van der Waals surface area contributed by atoms with Crippen molar-refractivity contribution in [3.05, 3.63) is 0 Å². The number of rotatable bonds is 6. The number of urea groups is 1. The average Bonchev–Trinajstić information content (AvgIpc) is 2.23. The van der Waals surface area contributed by atoms with Crippen molar-refractivity contribution >= 4 is 18.3 Å². The predicted molar refractivity (Wildman–Crippen MR) is 48.3 cm³/mol. The second-order valence-electron chi connectivity index (χ2n) is 2.51. The van der Waals surface area contributed by atoms with E-state index in [4.69, 9.17) is 10.5 Å². The van der Waals surface area contributed by atoms with Crippen LogP contribution in [-0.2, 0) is 19.1 Å². The lowest BCUT2D eigenvalue weighted by molar-refractivity contribution is -0.173. The van der Waals surface area contributed by atoms with E-state index in [-0.39, 0.29) is 6.42 Å². The fourth-order valence-corrected chi connectivity index (χ4v) is 0.848. The highest BCUT2D eigenvalue weighted by molar-refractivity contribution is 5.82. The molecule has 1 atom stereocenters. The van der Waals surface area contributed by atoms with Crippen molar-refractivity contribution in [2.75, 3.05) is 14.2 Å². The van der Waals surface area contributed by atoms with Crippen molar-refractivity contribution in [3.63, 3.8) is 0 Å². The van der Waals surface area contributed by atoms with Gasteiger partial charge in [-0.25, -0.2) is 9.59 Å². The van der Waals surface area contributed by atoms with Gasteiger partial charge in [-0.1, -0.05) is 0 Å². The quantitative estimate of drug-likeness (QED) is 0.211. The predicted octanol–water partition coefficient (Wildman–Crippen LogP) is -1.74. The Morgan fingerprint density at radius 1 is 1.47 bits per heavy atom. The van der Waals surface area contributed by atoms with Crippen molar-refractivity contribution in [2.24, 2.45) is 5.73 Å². The Balaban J connectivity index is 4.71. The molecule has 0 aliphatic heterocycles. The van der Waals surface area contributed by atoms with E-state index in [0.29, 0.717) is 6.29 Å². The molecule has 0 bridgehead atoms. The molecule has 0 aromatic rings. The Labute approximate surface area is 86.1 Å². The van der Waals surface area contributed by atoms with Crippen LogP contribution in [0.25, 0.3) is 0 Å². The van der Waals surface area contributed by atoms with Gasteiger partial charge < -0.3 is 20.0 Å². The summed E-state index contributed by atoms with van der Waals surface area (Å²) in [5.41, 5.74) is 7.15. The number of nitrogens with one attached hydrogen (secondary N) is 2. The van der Waals surface area contributed by atoms with E-state index in [1.807, 2.05) is 5.43 Å². The summed E-state index contributed by atoms with van der Waals surface area (Å²) in [6.45, 7) is 0. The molecule has 0 aromatic heterocycles. The number of primary amides is 1. The molecule has 0 saturated carbocycles. The van der Waals surface area contributed by atoms with E-state index in [0.717, 1.165) is 7.11 Å². The van der Waals surface area contributed by atoms with Crippen LogP contribution in [0.3, 0.4) is 0 Å². The number of nitrogens with two attached hydrogens (primary N) is 1. The first-order chi connectivity index (χ1) is 7.02. The van der Waals surface area contributed by atoms with E-state index in [1.165, 1.54) is 7.11 Å². The smallest absolute Gasteiger partial charge is 0.355 e. The van der Waals surface area contributed by atoms with Gasteiger partial charge in [0.2, 0.25) is 5.72 Å². The monoisotopic (exact) mass is 219 g/mol. The van der Waals surface area contributed by atoms with E-state index < -0.39 is 17.7 Å². The summed E-state index contributed by atoms with van der Waals surface area (Å²) >= 11 is 0. The minimum absolute atomic E-state index is 0.337. The van der Waals surface area contributed by atoms with Gasteiger partial charge in [-0.15, -0.1) is 0 Å². The number of esters is 1. The SMILES string of the molecule is COC(=O)C(CC=O)(NNC(N)=O)OC. The molecule has 0 aliphatic rings. The fourth-order valence-electron chi connectivity index (χ4n) is 0.848. The summed E-state index contributed by atoms with van der Waals surface area (Å²) in [7, 11) is 2.29. The largest absolute Gasteiger partial charge is 0.466 e. The van der Waals surface area contributed by atoms with Crippen LogP contribution in [-0.4, -0.2) is 38.2 Å². The van der Waals surface area contributed by atoms with Gasteiger partial charge in [0, 0.05) is 7.11 Å². The third-order valence-electron chi connectivity index (χ3n) is 1.62. The van der Waals surface area contributed by atoms with E-state index in [1.54, 1.807) is 0 Å². The number of hydrogen-bond donors (Lipinski definition) is 3. The first-order valence-electron chi connectivity index (χ1n) is 3.92. The highest BCUT2D eigenvalue weighted by Crippen LogP contribution is 2.11. The highest BCUT2D eigenvalue weighted by atomic mass is 16.6. The first-order valence-corrected chi connectivity index (χ1v) is 3.92. The molecule has 0 aromatic carbocycles. The maximum atomic E-state index is 11.3. The lowest BCUT2D eigenvalue weighted by Gasteiger charge is -2.28. The van der Waals surface area contributed by atoms with E-state index in [9.17, 15) is 14.4 Å². The molecular weight excluding hydrogens is 206 g/mol. The second-order valence-corrected chi connectivity index (χ2v) is 2.51. The normalized spacial score (nSPS) is 13.7. The highest BCUT2D eigenvalue weighted by Gasteiger charge is 2.40. The van der Waals surface area contributed by atoms with Crippen LogP contribution in [0.1, 0.15) is 6.42 Å². The van der Waals surface area contributed by atoms with Crippen molar-refractivity contribution in [3.8, 4) is 0 Å². The minimum Gasteiger partial charge on any atom is -0.466 e. The van der Waals surface area contributed by atoms with Crippen LogP contribution < -0.4 is 16.6 Å². The van der Waals surface area contributed by atoms with Gasteiger partial charge in [0.05, 0.1) is 13.5 Å². The number of carbonyl (C=O) groups excluding carboxylic acids is 3. The van der Waals surface area contributed by atoms with E-state index >= 15 is 0 Å². The van der Waals surface area contributed by atoms with E-state index in [2.05, 4.69) is 10.2 Å². The summed E-state index contributed by atoms with van der Waals surface area (Å²) < 4.78 is 9.21. The Morgan fingerprint density at radius 2 is 2.07 bits per heavy atom. The molecule has 0 spiro atoms. The number of ether oxygens (including phenoxy) is 2. The molecule has 0 rings (SSSR count). The van der Waals surface area contributed by atoms with Crippen LogP contribution in [0.5, 0.6) is 0 Å². The zero-order chi connectivity index (χ0) is 11.9. The van der Waals surface area contributed by atoms with Gasteiger partial charge in [0.1, 0.15) is 6.29 Å². The summed E-state index contributed by atoms with van der Waals surface area (Å²) in [6.07, 6.45) is 0.104. The number of carbonyl (C=O) groups is 3. The van der Waals surface area contributed by atoms with Crippen molar-refractivity contribution in [2.45, 2.75) is 12.1 Å². The van der Waals surface area contributed by atoms with Crippen LogP contribution in [0.2, 0.25) is 0 Å². The third-order valence-corrected chi connectivity index (χ3v) is 1.62. The second kappa shape index (κ2) is 5.94. The van der Waals surface area contributed by atoms with Crippen molar-refractivity contribution in [1.29, 1.82) is 0 Å². The topological polar surface area (TPSA) is 120 Å². The van der Waals surface area contributed by atoms with Gasteiger partial charge >= 0.3 is 12.0 Å². The minimum atomic E-state index is -1.76. The molecule has 8 nitrogen and oxygen atoms in total. The van der Waals surface area contributed by atoms with Crippen LogP contribution in [0, 0.1) is 0 Å². The average molecular weight is 219 g/mol. The summed E-state index contributed by atoms with van der Waals surface area (Å²) in [5.74, 6) is -0.856. The number of hydrogen-bond acceptors (Lipinski definition) is 6. The van der Waals surface area contributed by atoms with Crippen LogP contribution in [0.4, 0.5) is 4.79 Å². The lowest BCUT2D eigenvalue weighted by Crippen LogP contribution is -2.61. The van der Waals surface area contributed by atoms with Gasteiger partial charge in [0.15, 0.2) is 0 Å². The zero-order valence-electron chi connectivity index (χ0n) is 8.40. The third kappa shape index (κ3) is 3.52. The van der Waals surface area contributed by atoms with Gasteiger partial charge in [-0.2, -0.15) is 5.43 Å². The maximum Gasteiger partial charge on any atom is 0.355 e. The molecular formula is C7H13N3O5. The van der Waals surface area contributed by atoms with Crippen LogP contribution in [0.15, 0.2) is 0 Å². The van der Waals surface area contributed by atoms with Crippen molar-refractivity contribution in [1.82, 2.24) is 10.9 Å².